The fraction of sp³-hybridized carbons (Fsp3) is 0.0556. The van der Waals surface area contributed by atoms with Gasteiger partial charge >= 0.3 is 0 Å². The molecule has 1 heterocycles. The lowest BCUT2D eigenvalue weighted by Crippen LogP contribution is -2.13. The third-order valence-electron chi connectivity index (χ3n) is 3.59. The maximum Gasteiger partial charge on any atom is 0.257 e. The molecule has 0 spiro atoms. The third-order valence-corrected chi connectivity index (χ3v) is 3.59. The second kappa shape index (κ2) is 6.34. The summed E-state index contributed by atoms with van der Waals surface area (Å²) in [5.41, 5.74) is 2.66. The first-order valence-corrected chi connectivity index (χ1v) is 7.21. The molecule has 2 aromatic carbocycles. The van der Waals surface area contributed by atoms with Gasteiger partial charge in [-0.15, -0.1) is 0 Å². The van der Waals surface area contributed by atoms with Gasteiger partial charge in [0.2, 0.25) is 0 Å². The summed E-state index contributed by atoms with van der Waals surface area (Å²) in [4.78, 5) is 12.3. The summed E-state index contributed by atoms with van der Waals surface area (Å²) in [6.07, 6.45) is 0. The van der Waals surface area contributed by atoms with E-state index in [0.29, 0.717) is 5.82 Å². The number of halogens is 1. The molecule has 0 unspecified atom stereocenters. The van der Waals surface area contributed by atoms with Gasteiger partial charge in [-0.05, 0) is 30.7 Å². The Labute approximate surface area is 137 Å². The van der Waals surface area contributed by atoms with Crippen LogP contribution in [0.5, 0.6) is 0 Å². The first-order valence-electron chi connectivity index (χ1n) is 7.21. The molecule has 1 amide bonds. The smallest absolute Gasteiger partial charge is 0.257 e. The van der Waals surface area contributed by atoms with Gasteiger partial charge in [-0.2, -0.15) is 10.4 Å². The molecule has 0 saturated heterocycles. The average Bonchev–Trinajstić information content (AvgIpc) is 2.95. The summed E-state index contributed by atoms with van der Waals surface area (Å²) in [5.74, 6) is -0.801. The van der Waals surface area contributed by atoms with Crippen LogP contribution < -0.4 is 5.32 Å². The van der Waals surface area contributed by atoms with Crippen LogP contribution in [0, 0.1) is 24.1 Å². The molecule has 0 fully saturated rings. The SMILES string of the molecule is Cc1c(NC(=O)c2cc(F)cc(C#N)c2)n[nH]c1-c1ccccc1. The summed E-state index contributed by atoms with van der Waals surface area (Å²) < 4.78 is 13.5. The minimum atomic E-state index is -0.636. The summed E-state index contributed by atoms with van der Waals surface area (Å²) in [5, 5.41) is 18.5. The number of aromatic nitrogens is 2. The van der Waals surface area contributed by atoms with Crippen LogP contribution in [-0.4, -0.2) is 16.1 Å². The molecule has 3 rings (SSSR count). The van der Waals surface area contributed by atoms with Crippen molar-refractivity contribution >= 4 is 11.7 Å². The van der Waals surface area contributed by atoms with Crippen LogP contribution in [0.1, 0.15) is 21.5 Å². The lowest BCUT2D eigenvalue weighted by atomic mass is 10.1. The van der Waals surface area contributed by atoms with Crippen molar-refractivity contribution in [3.8, 4) is 17.3 Å². The Morgan fingerprint density at radius 2 is 2.00 bits per heavy atom. The number of nitriles is 1. The molecule has 0 atom stereocenters. The molecule has 5 nitrogen and oxygen atoms in total. The van der Waals surface area contributed by atoms with Gasteiger partial charge in [-0.3, -0.25) is 9.89 Å². The Hall–Kier alpha value is -3.46. The number of hydrogen-bond donors (Lipinski definition) is 2. The summed E-state index contributed by atoms with van der Waals surface area (Å²) in [6, 6.07) is 14.9. The molecule has 24 heavy (non-hydrogen) atoms. The van der Waals surface area contributed by atoms with Crippen molar-refractivity contribution in [2.24, 2.45) is 0 Å². The number of H-pyrrole nitrogens is 1. The van der Waals surface area contributed by atoms with Crippen molar-refractivity contribution in [3.63, 3.8) is 0 Å². The molecule has 3 aromatic rings. The van der Waals surface area contributed by atoms with Crippen LogP contribution >= 0.6 is 0 Å². The van der Waals surface area contributed by atoms with Crippen molar-refractivity contribution in [3.05, 3.63) is 71.0 Å². The van der Waals surface area contributed by atoms with Crippen LogP contribution in [-0.2, 0) is 0 Å². The van der Waals surface area contributed by atoms with E-state index in [-0.39, 0.29) is 11.1 Å². The summed E-state index contributed by atoms with van der Waals surface area (Å²) in [6.45, 7) is 1.83. The number of rotatable bonds is 3. The molecule has 2 N–H and O–H groups in total. The molecular formula is C18H13FN4O. The fourth-order valence-corrected chi connectivity index (χ4v) is 2.37. The molecule has 0 bridgehead atoms. The van der Waals surface area contributed by atoms with Gasteiger partial charge in [-0.1, -0.05) is 30.3 Å². The van der Waals surface area contributed by atoms with E-state index in [9.17, 15) is 9.18 Å². The Bertz CT molecular complexity index is 941. The predicted molar refractivity (Wildman–Crippen MR) is 87.8 cm³/mol. The average molecular weight is 320 g/mol. The van der Waals surface area contributed by atoms with Gasteiger partial charge in [0.05, 0.1) is 17.3 Å². The van der Waals surface area contributed by atoms with Gasteiger partial charge in [-0.25, -0.2) is 4.39 Å². The number of amides is 1. The molecule has 0 aliphatic carbocycles. The Balaban J connectivity index is 1.87. The molecule has 6 heteroatoms. The maximum absolute atomic E-state index is 13.5. The number of benzene rings is 2. The number of carbonyl (C=O) groups is 1. The zero-order valence-corrected chi connectivity index (χ0v) is 12.8. The van der Waals surface area contributed by atoms with E-state index in [1.807, 2.05) is 43.3 Å². The summed E-state index contributed by atoms with van der Waals surface area (Å²) in [7, 11) is 0. The second-order valence-electron chi connectivity index (χ2n) is 5.23. The van der Waals surface area contributed by atoms with E-state index in [4.69, 9.17) is 5.26 Å². The Morgan fingerprint density at radius 1 is 1.25 bits per heavy atom. The number of aromatic amines is 1. The largest absolute Gasteiger partial charge is 0.305 e. The zero-order chi connectivity index (χ0) is 17.1. The molecule has 0 aliphatic rings. The van der Waals surface area contributed by atoms with Gasteiger partial charge in [0.15, 0.2) is 5.82 Å². The van der Waals surface area contributed by atoms with Gasteiger partial charge in [0, 0.05) is 11.1 Å². The van der Waals surface area contributed by atoms with Gasteiger partial charge < -0.3 is 5.32 Å². The maximum atomic E-state index is 13.5. The topological polar surface area (TPSA) is 81.6 Å². The number of anilines is 1. The van der Waals surface area contributed by atoms with Crippen molar-refractivity contribution < 1.29 is 9.18 Å². The van der Waals surface area contributed by atoms with E-state index >= 15 is 0 Å². The first-order chi connectivity index (χ1) is 11.6. The zero-order valence-electron chi connectivity index (χ0n) is 12.8. The van der Waals surface area contributed by atoms with Crippen LogP contribution in [0.3, 0.4) is 0 Å². The quantitative estimate of drug-likeness (QED) is 0.773. The third kappa shape index (κ3) is 3.01. The standard InChI is InChI=1S/C18H13FN4O/c1-11-16(13-5-3-2-4-6-13)22-23-17(11)21-18(24)14-7-12(10-20)8-15(19)9-14/h2-9H,1H3,(H2,21,22,23,24). The van der Waals surface area contributed by atoms with Gasteiger partial charge in [0.1, 0.15) is 5.82 Å². The highest BCUT2D eigenvalue weighted by atomic mass is 19.1. The van der Waals surface area contributed by atoms with Crippen LogP contribution in [0.15, 0.2) is 48.5 Å². The van der Waals surface area contributed by atoms with E-state index in [1.165, 1.54) is 6.07 Å². The summed E-state index contributed by atoms with van der Waals surface area (Å²) >= 11 is 0. The number of nitrogens with one attached hydrogen (secondary N) is 2. The van der Waals surface area contributed by atoms with Gasteiger partial charge in [0.25, 0.3) is 5.91 Å². The fourth-order valence-electron chi connectivity index (χ4n) is 2.37. The van der Waals surface area contributed by atoms with Crippen molar-refractivity contribution in [1.29, 1.82) is 5.26 Å². The second-order valence-corrected chi connectivity index (χ2v) is 5.23. The van der Waals surface area contributed by atoms with E-state index < -0.39 is 11.7 Å². The van der Waals surface area contributed by atoms with Crippen molar-refractivity contribution in [2.45, 2.75) is 6.92 Å². The molecule has 0 radical (unpaired) electrons. The Kier molecular flexibility index (Phi) is 4.08. The highest BCUT2D eigenvalue weighted by molar-refractivity contribution is 6.04. The molecule has 0 saturated carbocycles. The number of carbonyl (C=O) groups excluding carboxylic acids is 1. The highest BCUT2D eigenvalue weighted by Crippen LogP contribution is 2.25. The monoisotopic (exact) mass is 320 g/mol. The van der Waals surface area contributed by atoms with Crippen LogP contribution in [0.4, 0.5) is 10.2 Å². The van der Waals surface area contributed by atoms with Crippen LogP contribution in [0.2, 0.25) is 0 Å². The molecule has 1 aromatic heterocycles. The minimum absolute atomic E-state index is 0.0650. The minimum Gasteiger partial charge on any atom is -0.305 e. The number of hydrogen-bond acceptors (Lipinski definition) is 3. The lowest BCUT2D eigenvalue weighted by Gasteiger charge is -2.05. The van der Waals surface area contributed by atoms with E-state index in [1.54, 1.807) is 0 Å². The predicted octanol–water partition coefficient (Wildman–Crippen LogP) is 3.65. The van der Waals surface area contributed by atoms with Crippen LogP contribution in [0.25, 0.3) is 11.3 Å². The van der Waals surface area contributed by atoms with E-state index in [0.717, 1.165) is 29.0 Å². The number of nitrogens with zero attached hydrogens (tertiary/aromatic N) is 2. The van der Waals surface area contributed by atoms with E-state index in [2.05, 4.69) is 15.5 Å². The van der Waals surface area contributed by atoms with Crippen molar-refractivity contribution in [2.75, 3.05) is 5.32 Å². The normalized spacial score (nSPS) is 10.2. The molecular weight excluding hydrogens is 307 g/mol. The highest BCUT2D eigenvalue weighted by Gasteiger charge is 2.15. The molecule has 0 aliphatic heterocycles. The first kappa shape index (κ1) is 15.4. The lowest BCUT2D eigenvalue weighted by molar-refractivity contribution is 0.102. The van der Waals surface area contributed by atoms with Crippen molar-refractivity contribution in [1.82, 2.24) is 10.2 Å². The Morgan fingerprint density at radius 3 is 2.71 bits per heavy atom. The molecule has 118 valence electrons.